The quantitative estimate of drug-likeness (QED) is 0.576. The van der Waals surface area contributed by atoms with Crippen molar-refractivity contribution in [2.24, 2.45) is 11.7 Å². The van der Waals surface area contributed by atoms with E-state index in [0.717, 1.165) is 73.1 Å². The molecule has 2 unspecified atom stereocenters. The maximum Gasteiger partial charge on any atom is 0.252 e. The smallest absolute Gasteiger partial charge is 0.252 e. The van der Waals surface area contributed by atoms with Crippen molar-refractivity contribution in [1.29, 1.82) is 0 Å². The molecule has 1 aromatic carbocycles. The second kappa shape index (κ2) is 6.35. The van der Waals surface area contributed by atoms with Gasteiger partial charge in [-0.1, -0.05) is 18.9 Å². The summed E-state index contributed by atoms with van der Waals surface area (Å²) in [4.78, 5) is 11.8. The minimum Gasteiger partial charge on any atom is -1.00 e. The first-order chi connectivity index (χ1) is 12.8. The summed E-state index contributed by atoms with van der Waals surface area (Å²) < 4.78 is 0.945. The summed E-state index contributed by atoms with van der Waals surface area (Å²) in [5.41, 5.74) is 6.38. The molecule has 6 heteroatoms. The van der Waals surface area contributed by atoms with Crippen LogP contribution in [0, 0.1) is 5.92 Å². The number of aliphatic hydroxyl groups is 1. The number of benzene rings is 1. The Morgan fingerprint density at radius 2 is 1.96 bits per heavy atom. The summed E-state index contributed by atoms with van der Waals surface area (Å²) in [6.45, 7) is 2.19. The number of likely N-dealkylation sites (N-methyl/N-ethyl adjacent to an activating group) is 1. The van der Waals surface area contributed by atoms with Crippen LogP contribution in [-0.2, 0) is 11.8 Å². The van der Waals surface area contributed by atoms with E-state index in [9.17, 15) is 15.0 Å². The number of piperidine rings is 1. The van der Waals surface area contributed by atoms with Crippen molar-refractivity contribution < 1.29 is 31.9 Å². The molecule has 3 aliphatic carbocycles. The monoisotopic (exact) mass is 406 g/mol. The zero-order chi connectivity index (χ0) is 19.0. The third-order valence-corrected chi connectivity index (χ3v) is 8.39. The molecule has 2 bridgehead atoms. The Balaban J connectivity index is 0.00000192. The van der Waals surface area contributed by atoms with Gasteiger partial charge in [0.2, 0.25) is 0 Å². The number of hydrogen-bond donors (Lipinski definition) is 3. The Labute approximate surface area is 172 Å². The summed E-state index contributed by atoms with van der Waals surface area (Å²) in [5, 5.41) is 23.2. The van der Waals surface area contributed by atoms with E-state index in [1.807, 2.05) is 6.07 Å². The standard InChI is InChI=1S/C22H30N2O3.ClH/c1-24(13-14-4-5-14)11-10-21-8-2-3-9-22(21,27)17(24)12-15-6-7-16(20(23)26)19(25)18(15)21;/h6-7,14,17,27H,2-5,8-13H2,1H3,(H2-,23,25,26);1H/t17?,21?,22-,24+;/m1./s1. The zero-order valence-electron chi connectivity index (χ0n) is 16.6. The number of primary amides is 1. The Morgan fingerprint density at radius 3 is 2.64 bits per heavy atom. The fourth-order valence-electron chi connectivity index (χ4n) is 6.93. The van der Waals surface area contributed by atoms with E-state index < -0.39 is 16.9 Å². The highest BCUT2D eigenvalue weighted by Gasteiger charge is 2.69. The van der Waals surface area contributed by atoms with Crippen molar-refractivity contribution in [3.05, 3.63) is 28.8 Å². The molecule has 0 radical (unpaired) electrons. The van der Waals surface area contributed by atoms with Gasteiger partial charge in [-0.15, -0.1) is 0 Å². The van der Waals surface area contributed by atoms with Crippen LogP contribution in [0.5, 0.6) is 5.75 Å². The summed E-state index contributed by atoms with van der Waals surface area (Å²) in [5.74, 6) is 0.233. The molecule has 28 heavy (non-hydrogen) atoms. The van der Waals surface area contributed by atoms with Gasteiger partial charge < -0.3 is 32.8 Å². The van der Waals surface area contributed by atoms with Crippen molar-refractivity contribution in [3.63, 3.8) is 0 Å². The van der Waals surface area contributed by atoms with E-state index in [4.69, 9.17) is 5.73 Å². The van der Waals surface area contributed by atoms with Gasteiger partial charge in [0.25, 0.3) is 5.91 Å². The molecule has 1 aromatic rings. The lowest BCUT2D eigenvalue weighted by Gasteiger charge is -2.65. The summed E-state index contributed by atoms with van der Waals surface area (Å²) in [6.07, 6.45) is 8.04. The fraction of sp³-hybridized carbons (Fsp3) is 0.682. The number of carbonyl (C=O) groups excluding carboxylic acids is 1. The third-order valence-electron chi connectivity index (χ3n) is 8.39. The number of halogens is 1. The van der Waals surface area contributed by atoms with Crippen molar-refractivity contribution in [3.8, 4) is 5.75 Å². The lowest BCUT2D eigenvalue weighted by atomic mass is 9.48. The molecule has 4 aliphatic rings. The first-order valence-corrected chi connectivity index (χ1v) is 10.5. The van der Waals surface area contributed by atoms with Gasteiger partial charge in [0.15, 0.2) is 0 Å². The van der Waals surface area contributed by atoms with Crippen LogP contribution in [0.25, 0.3) is 0 Å². The molecule has 4 atom stereocenters. The number of carbonyl (C=O) groups is 1. The molecule has 5 nitrogen and oxygen atoms in total. The Kier molecular flexibility index (Phi) is 4.53. The molecule has 1 saturated heterocycles. The molecule has 4 N–H and O–H groups in total. The molecular weight excluding hydrogens is 376 g/mol. The van der Waals surface area contributed by atoms with E-state index in [2.05, 4.69) is 7.05 Å². The molecular formula is C22H31ClN2O3. The van der Waals surface area contributed by atoms with Crippen molar-refractivity contribution in [1.82, 2.24) is 0 Å². The number of rotatable bonds is 3. The average Bonchev–Trinajstić information content (AvgIpc) is 3.42. The van der Waals surface area contributed by atoms with E-state index >= 15 is 0 Å². The predicted octanol–water partition coefficient (Wildman–Crippen LogP) is -0.777. The highest BCUT2D eigenvalue weighted by molar-refractivity contribution is 5.96. The van der Waals surface area contributed by atoms with Crippen molar-refractivity contribution in [2.75, 3.05) is 20.1 Å². The van der Waals surface area contributed by atoms with Crippen LogP contribution in [0.2, 0.25) is 0 Å². The molecule has 5 rings (SSSR count). The average molecular weight is 407 g/mol. The number of phenols is 1. The number of nitrogens with two attached hydrogens (primary N) is 1. The van der Waals surface area contributed by atoms with Crippen LogP contribution < -0.4 is 18.1 Å². The topological polar surface area (TPSA) is 83.5 Å². The number of likely N-dealkylation sites (tertiary alicyclic amines) is 1. The van der Waals surface area contributed by atoms with Gasteiger partial charge in [0.05, 0.1) is 25.7 Å². The predicted molar refractivity (Wildman–Crippen MR) is 102 cm³/mol. The molecule has 1 heterocycles. The van der Waals surface area contributed by atoms with Crippen LogP contribution in [0.1, 0.15) is 66.4 Å². The van der Waals surface area contributed by atoms with Crippen molar-refractivity contribution >= 4 is 5.91 Å². The number of aromatic hydroxyl groups is 1. The van der Waals surface area contributed by atoms with Crippen molar-refractivity contribution in [2.45, 2.75) is 68.4 Å². The lowest BCUT2D eigenvalue weighted by Crippen LogP contribution is -3.00. The van der Waals surface area contributed by atoms with Gasteiger partial charge in [-0.25, -0.2) is 0 Å². The largest absolute Gasteiger partial charge is 1.00 e. The number of fused-ring (bicyclic) bond motifs is 1. The van der Waals surface area contributed by atoms with Crippen LogP contribution >= 0.6 is 0 Å². The molecule has 154 valence electrons. The number of hydrogen-bond acceptors (Lipinski definition) is 3. The number of amides is 1. The summed E-state index contributed by atoms with van der Waals surface area (Å²) in [6, 6.07) is 3.81. The van der Waals surface area contributed by atoms with E-state index in [-0.39, 0.29) is 29.8 Å². The SMILES string of the molecule is C[N@@+]1(CC2CC2)CCC23CCCC[C@@]2(O)C1Cc1ccc(C(N)=O)c(O)c13.[Cl-]. The van der Waals surface area contributed by atoms with Crippen LogP contribution in [0.4, 0.5) is 0 Å². The maximum absolute atomic E-state index is 12.2. The van der Waals surface area contributed by atoms with Crippen LogP contribution in [-0.4, -0.2) is 52.4 Å². The fourth-order valence-corrected chi connectivity index (χ4v) is 6.93. The Morgan fingerprint density at radius 1 is 1.25 bits per heavy atom. The van der Waals surface area contributed by atoms with Gasteiger partial charge in [-0.3, -0.25) is 4.79 Å². The lowest BCUT2D eigenvalue weighted by molar-refractivity contribution is -0.950. The minimum absolute atomic E-state index is 0. The second-order valence-electron chi connectivity index (χ2n) is 9.87. The second-order valence-corrected chi connectivity index (χ2v) is 9.87. The molecule has 2 saturated carbocycles. The maximum atomic E-state index is 12.2. The molecule has 3 fully saturated rings. The first kappa shape index (κ1) is 20.0. The first-order valence-electron chi connectivity index (χ1n) is 10.5. The van der Waals surface area contributed by atoms with Crippen LogP contribution in [0.15, 0.2) is 12.1 Å². The zero-order valence-corrected chi connectivity index (χ0v) is 17.3. The highest BCUT2D eigenvalue weighted by atomic mass is 35.5. The highest BCUT2D eigenvalue weighted by Crippen LogP contribution is 2.61. The van der Waals surface area contributed by atoms with Gasteiger partial charge in [0.1, 0.15) is 17.4 Å². The Hall–Kier alpha value is -1.30. The third kappa shape index (κ3) is 2.49. The molecule has 1 amide bonds. The van der Waals surface area contributed by atoms with Crippen LogP contribution in [0.3, 0.4) is 0 Å². The number of quaternary nitrogens is 1. The molecule has 0 aromatic heterocycles. The minimum atomic E-state index is -0.812. The Bertz CT molecular complexity index is 826. The van der Waals surface area contributed by atoms with E-state index in [0.29, 0.717) is 0 Å². The normalized spacial score (nSPS) is 38.7. The van der Waals surface area contributed by atoms with Gasteiger partial charge in [0, 0.05) is 29.7 Å². The molecule has 0 spiro atoms. The van der Waals surface area contributed by atoms with Gasteiger partial charge in [-0.05, 0) is 37.3 Å². The van der Waals surface area contributed by atoms with E-state index in [1.165, 1.54) is 12.8 Å². The summed E-state index contributed by atoms with van der Waals surface area (Å²) >= 11 is 0. The number of nitrogens with zero attached hydrogens (tertiary/aromatic N) is 1. The van der Waals surface area contributed by atoms with E-state index in [1.54, 1.807) is 6.07 Å². The summed E-state index contributed by atoms with van der Waals surface area (Å²) in [7, 11) is 2.34. The molecule has 1 aliphatic heterocycles. The van der Waals surface area contributed by atoms with Gasteiger partial charge >= 0.3 is 0 Å². The van der Waals surface area contributed by atoms with Gasteiger partial charge in [-0.2, -0.15) is 0 Å².